The molecule has 2 aliphatic carbocycles. The summed E-state index contributed by atoms with van der Waals surface area (Å²) in [6.07, 6.45) is -15.8. The molecule has 0 bridgehead atoms. The smallest absolute Gasteiger partial charge is 0.317 e. The first-order valence-corrected chi connectivity index (χ1v) is 15.9. The van der Waals surface area contributed by atoms with Crippen LogP contribution in [0.15, 0.2) is 0 Å². The van der Waals surface area contributed by atoms with Gasteiger partial charge >= 0.3 is 11.9 Å². The Morgan fingerprint density at radius 2 is 1.48 bits per heavy atom. The second-order valence-electron chi connectivity index (χ2n) is 13.2. The van der Waals surface area contributed by atoms with Gasteiger partial charge in [0.1, 0.15) is 61.9 Å². The highest BCUT2D eigenvalue weighted by molar-refractivity contribution is 5.90. The molecular weight excluding hydrogens is 620 g/mol. The van der Waals surface area contributed by atoms with Crippen molar-refractivity contribution < 1.29 is 84.0 Å². The van der Waals surface area contributed by atoms with E-state index in [0.29, 0.717) is 32.1 Å². The molecule has 264 valence electrons. The van der Waals surface area contributed by atoms with Crippen LogP contribution < -0.4 is 0 Å². The molecule has 5 fully saturated rings. The van der Waals surface area contributed by atoms with Crippen molar-refractivity contribution in [2.75, 3.05) is 13.2 Å². The van der Waals surface area contributed by atoms with E-state index in [9.17, 15) is 50.4 Å². The third-order valence-electron chi connectivity index (χ3n) is 9.89. The van der Waals surface area contributed by atoms with Gasteiger partial charge in [0.2, 0.25) is 0 Å². The Balaban J connectivity index is 1.39. The van der Waals surface area contributed by atoms with Crippen molar-refractivity contribution in [1.29, 1.82) is 0 Å². The Bertz CT molecular complexity index is 1020. The third-order valence-corrected chi connectivity index (χ3v) is 9.89. The van der Waals surface area contributed by atoms with Crippen molar-refractivity contribution in [3.63, 3.8) is 0 Å². The second-order valence-corrected chi connectivity index (χ2v) is 13.2. The molecule has 46 heavy (non-hydrogen) atoms. The van der Waals surface area contributed by atoms with Gasteiger partial charge in [-0.2, -0.15) is 0 Å². The predicted octanol–water partition coefficient (Wildman–Crippen LogP) is -3.99. The van der Waals surface area contributed by atoms with Gasteiger partial charge in [-0.15, -0.1) is 0 Å². The Morgan fingerprint density at radius 1 is 0.761 bits per heavy atom. The molecule has 3 saturated heterocycles. The van der Waals surface area contributed by atoms with E-state index >= 15 is 0 Å². The number of rotatable bonds is 9. The highest BCUT2D eigenvalue weighted by Crippen LogP contribution is 2.42. The zero-order valence-corrected chi connectivity index (χ0v) is 25.2. The minimum Gasteiger partial charge on any atom is -0.481 e. The lowest BCUT2D eigenvalue weighted by atomic mass is 9.73. The van der Waals surface area contributed by atoms with E-state index in [-0.39, 0.29) is 30.8 Å². The molecule has 3 aliphatic heterocycles. The van der Waals surface area contributed by atoms with Crippen molar-refractivity contribution in [3.05, 3.63) is 0 Å². The fourth-order valence-corrected chi connectivity index (χ4v) is 7.35. The zero-order valence-electron chi connectivity index (χ0n) is 25.2. The fourth-order valence-electron chi connectivity index (χ4n) is 7.35. The first kappa shape index (κ1) is 35.7. The van der Waals surface area contributed by atoms with Gasteiger partial charge in [-0.3, -0.25) is 9.59 Å². The summed E-state index contributed by atoms with van der Waals surface area (Å²) in [5.74, 6) is -2.94. The highest BCUT2D eigenvalue weighted by Gasteiger charge is 2.55. The Kier molecular flexibility index (Phi) is 11.9. The average Bonchev–Trinajstić information content (AvgIpc) is 3.00. The van der Waals surface area contributed by atoms with E-state index < -0.39 is 117 Å². The fraction of sp³-hybridized carbons (Fsp3) is 0.931. The Morgan fingerprint density at radius 3 is 2.17 bits per heavy atom. The molecule has 0 aromatic rings. The monoisotopic (exact) mass is 667 g/mol. The molecule has 5 rings (SSSR count). The first-order valence-electron chi connectivity index (χ1n) is 15.9. The molecule has 0 radical (unpaired) electrons. The number of esters is 1. The van der Waals surface area contributed by atoms with Gasteiger partial charge in [0.25, 0.3) is 0 Å². The number of hydrogen-bond acceptors (Lipinski definition) is 15. The van der Waals surface area contributed by atoms with Gasteiger partial charge in [-0.05, 0) is 32.1 Å². The lowest BCUT2D eigenvalue weighted by Gasteiger charge is -2.49. The topological polar surface area (TPSA) is 275 Å². The molecule has 5 aliphatic rings. The van der Waals surface area contributed by atoms with E-state index in [0.717, 1.165) is 0 Å². The molecule has 15 atom stereocenters. The van der Waals surface area contributed by atoms with Crippen molar-refractivity contribution in [3.8, 4) is 0 Å². The van der Waals surface area contributed by atoms with Crippen LogP contribution in [-0.2, 0) is 33.3 Å². The van der Waals surface area contributed by atoms with Gasteiger partial charge in [0.15, 0.2) is 24.8 Å². The number of aliphatic hydroxyl groups is 10. The molecule has 0 aromatic carbocycles. The Labute approximate surface area is 264 Å². The summed E-state index contributed by atoms with van der Waals surface area (Å²) in [4.78, 5) is 22.8. The summed E-state index contributed by atoms with van der Waals surface area (Å²) in [5, 5.41) is 92.9. The lowest BCUT2D eigenvalue weighted by Crippen LogP contribution is -2.65. The van der Waals surface area contributed by atoms with Crippen LogP contribution in [0.3, 0.4) is 0 Å². The maximum atomic E-state index is 11.9. The van der Waals surface area contributed by atoms with E-state index in [1.165, 1.54) is 0 Å². The average molecular weight is 668 g/mol. The number of fused-ring (bicyclic) bond motifs is 1. The van der Waals surface area contributed by atoms with Crippen LogP contribution in [0.2, 0.25) is 0 Å². The molecule has 0 aromatic heterocycles. The highest BCUT2D eigenvalue weighted by atomic mass is 16.8. The number of aliphatic carboxylic acids is 1. The summed E-state index contributed by atoms with van der Waals surface area (Å²) in [7, 11) is 0. The second kappa shape index (κ2) is 15.3. The molecule has 17 nitrogen and oxygen atoms in total. The molecule has 0 spiro atoms. The quantitative estimate of drug-likeness (QED) is 0.0644. The number of carbonyl (C=O) groups excluding carboxylic acids is 1. The standard InChI is InChI=1S/C29H46O17/c30-12-3-1-11(2-4-12)26-18(7-14-15(32)5-13(31)6-17(14)43-26)44-29-27(46-28-25(40)22(37)16(33)9-42-28)24(39)23(38)19(45-29)10-41-21(36)8-20(34)35/h11-19,22-33,37-40H,1-10H2,(H,34,35)/p+1/t11?,12?,13?,14?,15?,16-,17?,18?,19-,22+,23+,24+,25-,26?,27-,28+,29-/m1/s1. The summed E-state index contributed by atoms with van der Waals surface area (Å²) in [6.45, 7) is -1.06. The zero-order chi connectivity index (χ0) is 33.3. The van der Waals surface area contributed by atoms with Crippen LogP contribution in [0.5, 0.6) is 0 Å². The number of carboxylic acid groups (broad SMARTS) is 1. The molecule has 0 amide bonds. The van der Waals surface area contributed by atoms with Gasteiger partial charge in [-0.1, -0.05) is 0 Å². The summed E-state index contributed by atoms with van der Waals surface area (Å²) in [6, 6.07) is 0. The summed E-state index contributed by atoms with van der Waals surface area (Å²) >= 11 is 0. The van der Waals surface area contributed by atoms with Crippen molar-refractivity contribution in [1.82, 2.24) is 0 Å². The molecule has 17 heteroatoms. The normalized spacial score (nSPS) is 48.3. The largest absolute Gasteiger partial charge is 0.481 e. The van der Waals surface area contributed by atoms with Gasteiger partial charge < -0.3 is 74.4 Å². The summed E-state index contributed by atoms with van der Waals surface area (Å²) in [5.41, 5.74) is 0. The number of ether oxygens (including phenoxy) is 6. The Hall–Kier alpha value is -1.58. The van der Waals surface area contributed by atoms with Crippen LogP contribution in [0.4, 0.5) is 0 Å². The van der Waals surface area contributed by atoms with Crippen LogP contribution >= 0.6 is 0 Å². The third kappa shape index (κ3) is 8.16. The SMILES string of the molecule is O=C(O)CC(=O)OC[C@H]1O[C@@H](OC2CC3C(O)CC(O)CC3[OH+]C2C2CCC(O)CC2)[C@H](O[C@@H]2OC[C@@H](O)[C@H](O)[C@H]2O)[C@@H](O)[C@H]1O. The van der Waals surface area contributed by atoms with Gasteiger partial charge in [-0.25, -0.2) is 0 Å². The predicted molar refractivity (Wildman–Crippen MR) is 149 cm³/mol. The number of hydrogen-bond donors (Lipinski definition) is 9. The molecule has 10 N–H and O–H groups in total. The van der Waals surface area contributed by atoms with Crippen LogP contribution in [0.1, 0.15) is 51.4 Å². The lowest BCUT2D eigenvalue weighted by molar-refractivity contribution is -0.381. The number of carbonyl (C=O) groups is 2. The minimum absolute atomic E-state index is 0.0306. The number of aliphatic hydroxyl groups excluding tert-OH is 8. The van der Waals surface area contributed by atoms with Crippen molar-refractivity contribution >= 4 is 11.9 Å². The van der Waals surface area contributed by atoms with Gasteiger partial charge in [0, 0.05) is 18.8 Å². The molecular formula is C29H47O17+. The van der Waals surface area contributed by atoms with E-state index in [1.54, 1.807) is 0 Å². The van der Waals surface area contributed by atoms with Crippen LogP contribution in [0.25, 0.3) is 0 Å². The molecule has 6 unspecified atom stereocenters. The molecule has 2 saturated carbocycles. The number of carboxylic acids is 1. The maximum absolute atomic E-state index is 11.9. The van der Waals surface area contributed by atoms with Crippen LogP contribution in [-0.4, -0.2) is 168 Å². The minimum atomic E-state index is -1.80. The van der Waals surface area contributed by atoms with Crippen molar-refractivity contribution in [2.24, 2.45) is 11.8 Å². The molecule has 3 heterocycles. The van der Waals surface area contributed by atoms with Crippen molar-refractivity contribution in [2.45, 2.75) is 143 Å². The first-order chi connectivity index (χ1) is 21.8. The van der Waals surface area contributed by atoms with E-state index in [2.05, 4.69) is 0 Å². The van der Waals surface area contributed by atoms with Crippen LogP contribution in [0, 0.1) is 11.8 Å². The summed E-state index contributed by atoms with van der Waals surface area (Å²) < 4.78 is 33.6. The van der Waals surface area contributed by atoms with Gasteiger partial charge in [0.05, 0.1) is 30.8 Å². The van der Waals surface area contributed by atoms with E-state index in [4.69, 9.17) is 33.5 Å². The maximum Gasteiger partial charge on any atom is 0.317 e. The van der Waals surface area contributed by atoms with E-state index in [1.807, 2.05) is 0 Å².